The SMILES string of the molecule is CCCNC(CC1CC1)c1ccc2c3c(cccc13)CC2. The fraction of sp³-hybridized carbons (Fsp3) is 0.500. The second-order valence-electron chi connectivity index (χ2n) is 6.84. The van der Waals surface area contributed by atoms with E-state index in [-0.39, 0.29) is 0 Å². The molecule has 0 spiro atoms. The van der Waals surface area contributed by atoms with E-state index in [1.165, 1.54) is 49.5 Å². The van der Waals surface area contributed by atoms with Gasteiger partial charge in [-0.1, -0.05) is 50.1 Å². The van der Waals surface area contributed by atoms with Gasteiger partial charge in [-0.2, -0.15) is 0 Å². The van der Waals surface area contributed by atoms with Crippen LogP contribution in [0.25, 0.3) is 10.8 Å². The first kappa shape index (κ1) is 13.3. The summed E-state index contributed by atoms with van der Waals surface area (Å²) >= 11 is 0. The Hall–Kier alpha value is -1.34. The molecule has 2 aromatic rings. The monoisotopic (exact) mass is 279 g/mol. The lowest BCUT2D eigenvalue weighted by atomic mass is 9.93. The van der Waals surface area contributed by atoms with Gasteiger partial charge in [-0.25, -0.2) is 0 Å². The van der Waals surface area contributed by atoms with E-state index in [1.54, 1.807) is 16.5 Å². The van der Waals surface area contributed by atoms with Crippen molar-refractivity contribution in [3.05, 3.63) is 47.0 Å². The maximum Gasteiger partial charge on any atom is 0.0329 e. The van der Waals surface area contributed by atoms with Crippen LogP contribution in [0.4, 0.5) is 0 Å². The molecular formula is C20H25N. The fourth-order valence-electron chi connectivity index (χ4n) is 3.90. The molecule has 0 heterocycles. The third-order valence-electron chi connectivity index (χ3n) is 5.19. The van der Waals surface area contributed by atoms with E-state index in [0.29, 0.717) is 6.04 Å². The van der Waals surface area contributed by atoms with Gasteiger partial charge in [-0.3, -0.25) is 0 Å². The molecule has 1 saturated carbocycles. The molecule has 0 amide bonds. The summed E-state index contributed by atoms with van der Waals surface area (Å²) in [5, 5.41) is 6.88. The van der Waals surface area contributed by atoms with Crippen molar-refractivity contribution in [2.45, 2.75) is 51.5 Å². The molecule has 0 saturated heterocycles. The largest absolute Gasteiger partial charge is 0.310 e. The molecule has 0 aromatic heterocycles. The fourth-order valence-corrected chi connectivity index (χ4v) is 3.90. The molecule has 1 N–H and O–H groups in total. The summed E-state index contributed by atoms with van der Waals surface area (Å²) in [6.45, 7) is 3.38. The van der Waals surface area contributed by atoms with Crippen molar-refractivity contribution in [2.75, 3.05) is 6.54 Å². The van der Waals surface area contributed by atoms with Crippen molar-refractivity contribution in [2.24, 2.45) is 5.92 Å². The van der Waals surface area contributed by atoms with Gasteiger partial charge < -0.3 is 5.32 Å². The number of nitrogens with one attached hydrogen (secondary N) is 1. The Bertz CT molecular complexity index is 644. The van der Waals surface area contributed by atoms with Crippen LogP contribution < -0.4 is 5.32 Å². The van der Waals surface area contributed by atoms with Crippen LogP contribution >= 0.6 is 0 Å². The zero-order chi connectivity index (χ0) is 14.2. The van der Waals surface area contributed by atoms with E-state index in [2.05, 4.69) is 42.6 Å². The van der Waals surface area contributed by atoms with Gasteiger partial charge >= 0.3 is 0 Å². The van der Waals surface area contributed by atoms with E-state index in [4.69, 9.17) is 0 Å². The molecule has 2 aliphatic rings. The van der Waals surface area contributed by atoms with Crippen LogP contribution in [0, 0.1) is 5.92 Å². The standard InChI is InChI=1S/C20H25N/c1-2-12-21-19(13-14-6-7-14)17-11-10-16-9-8-15-4-3-5-18(17)20(15)16/h3-5,10-11,14,19,21H,2,6-9,12-13H2,1H3. The van der Waals surface area contributed by atoms with E-state index in [9.17, 15) is 0 Å². The van der Waals surface area contributed by atoms with Crippen molar-refractivity contribution in [3.8, 4) is 0 Å². The van der Waals surface area contributed by atoms with Gasteiger partial charge in [0, 0.05) is 6.04 Å². The lowest BCUT2D eigenvalue weighted by molar-refractivity contribution is 0.476. The predicted octanol–water partition coefficient (Wildman–Crippen LogP) is 4.78. The molecule has 0 radical (unpaired) electrons. The summed E-state index contributed by atoms with van der Waals surface area (Å²) in [4.78, 5) is 0. The molecule has 1 atom stereocenters. The van der Waals surface area contributed by atoms with Crippen molar-refractivity contribution >= 4 is 10.8 Å². The lowest BCUT2D eigenvalue weighted by Gasteiger charge is -2.21. The molecule has 2 aliphatic carbocycles. The van der Waals surface area contributed by atoms with Gasteiger partial charge in [0.15, 0.2) is 0 Å². The highest BCUT2D eigenvalue weighted by molar-refractivity contribution is 5.93. The molecule has 1 nitrogen and oxygen atoms in total. The van der Waals surface area contributed by atoms with Crippen LogP contribution in [0.3, 0.4) is 0 Å². The van der Waals surface area contributed by atoms with Crippen molar-refractivity contribution in [1.82, 2.24) is 5.32 Å². The van der Waals surface area contributed by atoms with Crippen LogP contribution in [0.5, 0.6) is 0 Å². The van der Waals surface area contributed by atoms with Crippen LogP contribution in [0.15, 0.2) is 30.3 Å². The lowest BCUT2D eigenvalue weighted by Crippen LogP contribution is -2.23. The minimum Gasteiger partial charge on any atom is -0.310 e. The molecular weight excluding hydrogens is 254 g/mol. The van der Waals surface area contributed by atoms with E-state index in [1.807, 2.05) is 0 Å². The van der Waals surface area contributed by atoms with Crippen molar-refractivity contribution < 1.29 is 0 Å². The van der Waals surface area contributed by atoms with Gasteiger partial charge in [0.05, 0.1) is 0 Å². The van der Waals surface area contributed by atoms with E-state index < -0.39 is 0 Å². The summed E-state index contributed by atoms with van der Waals surface area (Å²) in [6.07, 6.45) is 7.86. The van der Waals surface area contributed by atoms with Gasteiger partial charge in [-0.05, 0) is 65.6 Å². The number of hydrogen-bond acceptors (Lipinski definition) is 1. The van der Waals surface area contributed by atoms with Crippen LogP contribution in [0.2, 0.25) is 0 Å². The Kier molecular flexibility index (Phi) is 3.46. The highest BCUT2D eigenvalue weighted by Gasteiger charge is 2.27. The van der Waals surface area contributed by atoms with Crippen molar-refractivity contribution in [1.29, 1.82) is 0 Å². The van der Waals surface area contributed by atoms with Crippen LogP contribution in [-0.2, 0) is 12.8 Å². The number of rotatable bonds is 6. The summed E-state index contributed by atoms with van der Waals surface area (Å²) in [5.74, 6) is 0.961. The predicted molar refractivity (Wildman–Crippen MR) is 89.7 cm³/mol. The van der Waals surface area contributed by atoms with Gasteiger partial charge in [0.1, 0.15) is 0 Å². The Morgan fingerprint density at radius 2 is 1.90 bits per heavy atom. The normalized spacial score (nSPS) is 18.3. The minimum absolute atomic E-state index is 0.544. The molecule has 2 aromatic carbocycles. The van der Waals surface area contributed by atoms with Gasteiger partial charge in [-0.15, -0.1) is 0 Å². The number of benzene rings is 2. The van der Waals surface area contributed by atoms with Crippen LogP contribution in [-0.4, -0.2) is 6.54 Å². The molecule has 0 bridgehead atoms. The summed E-state index contributed by atoms with van der Waals surface area (Å²) in [5.41, 5.74) is 4.66. The highest BCUT2D eigenvalue weighted by Crippen LogP contribution is 2.41. The first-order valence-electron chi connectivity index (χ1n) is 8.63. The molecule has 1 unspecified atom stereocenters. The quantitative estimate of drug-likeness (QED) is 0.802. The summed E-state index contributed by atoms with van der Waals surface area (Å²) in [6, 6.07) is 12.3. The average molecular weight is 279 g/mol. The molecule has 1 heteroatoms. The Morgan fingerprint density at radius 1 is 1.10 bits per heavy atom. The smallest absolute Gasteiger partial charge is 0.0329 e. The second kappa shape index (κ2) is 5.46. The van der Waals surface area contributed by atoms with Gasteiger partial charge in [0.25, 0.3) is 0 Å². The summed E-state index contributed by atoms with van der Waals surface area (Å²) in [7, 11) is 0. The highest BCUT2D eigenvalue weighted by atomic mass is 14.9. The first-order chi connectivity index (χ1) is 10.4. The van der Waals surface area contributed by atoms with Gasteiger partial charge in [0.2, 0.25) is 0 Å². The molecule has 0 aliphatic heterocycles. The molecule has 1 fully saturated rings. The first-order valence-corrected chi connectivity index (χ1v) is 8.63. The number of aryl methyl sites for hydroxylation is 2. The third-order valence-corrected chi connectivity index (χ3v) is 5.19. The topological polar surface area (TPSA) is 12.0 Å². The molecule has 4 rings (SSSR count). The Labute approximate surface area is 127 Å². The second-order valence-corrected chi connectivity index (χ2v) is 6.84. The molecule has 110 valence electrons. The van der Waals surface area contributed by atoms with E-state index >= 15 is 0 Å². The Balaban J connectivity index is 1.76. The Morgan fingerprint density at radius 3 is 2.67 bits per heavy atom. The zero-order valence-electron chi connectivity index (χ0n) is 13.0. The maximum absolute atomic E-state index is 3.81. The zero-order valence-corrected chi connectivity index (χ0v) is 13.0. The minimum atomic E-state index is 0.544. The van der Waals surface area contributed by atoms with Crippen molar-refractivity contribution in [3.63, 3.8) is 0 Å². The van der Waals surface area contributed by atoms with Crippen LogP contribution in [0.1, 0.15) is 55.3 Å². The average Bonchev–Trinajstić information content (AvgIpc) is 3.24. The third kappa shape index (κ3) is 2.48. The maximum atomic E-state index is 3.81. The number of hydrogen-bond donors (Lipinski definition) is 1. The summed E-state index contributed by atoms with van der Waals surface area (Å²) < 4.78 is 0. The molecule has 21 heavy (non-hydrogen) atoms. The van der Waals surface area contributed by atoms with E-state index in [0.717, 1.165) is 12.5 Å².